The molecule has 3 aliphatic heterocycles. The number of nitrogens with two attached hydrogens (primary N) is 1. The molecule has 1 unspecified atom stereocenters. The van der Waals surface area contributed by atoms with Gasteiger partial charge >= 0.3 is 0 Å². The molecule has 1 aliphatic carbocycles. The minimum Gasteiger partial charge on any atom is -0.345 e. The molecule has 5 atom stereocenters. The van der Waals surface area contributed by atoms with Crippen LogP contribution in [0.4, 0.5) is 0 Å². The number of amides is 1. The van der Waals surface area contributed by atoms with E-state index in [4.69, 9.17) is 4.98 Å². The first-order valence-corrected chi connectivity index (χ1v) is 15.9. The Hall–Kier alpha value is -1.76. The number of rotatable bonds is 5. The van der Waals surface area contributed by atoms with Crippen LogP contribution in [0.15, 0.2) is 30.3 Å². The van der Waals surface area contributed by atoms with E-state index in [2.05, 4.69) is 54.4 Å². The van der Waals surface area contributed by atoms with Crippen molar-refractivity contribution in [2.75, 3.05) is 32.7 Å². The van der Waals surface area contributed by atoms with Crippen LogP contribution in [0.2, 0.25) is 0 Å². The molecule has 2 saturated heterocycles. The summed E-state index contributed by atoms with van der Waals surface area (Å²) in [4.78, 5) is 25.2. The molecule has 200 valence electrons. The molecular weight excluding hydrogens is 476 g/mol. The number of benzene rings is 1. The lowest BCUT2D eigenvalue weighted by atomic mass is 9.71. The van der Waals surface area contributed by atoms with Crippen molar-refractivity contribution in [1.82, 2.24) is 9.88 Å². The van der Waals surface area contributed by atoms with Gasteiger partial charge in [0.15, 0.2) is 0 Å². The highest BCUT2D eigenvalue weighted by molar-refractivity contribution is 7.11. The second-order valence-corrected chi connectivity index (χ2v) is 13.6. The number of thiazole rings is 1. The fraction of sp³-hybridized carbons (Fsp3) is 0.677. The van der Waals surface area contributed by atoms with Crippen LogP contribution in [-0.4, -0.2) is 54.6 Å². The Morgan fingerprint density at radius 2 is 2.00 bits per heavy atom. The number of carbonyl (C=O) groups excluding carboxylic acids is 1. The molecule has 4 heterocycles. The van der Waals surface area contributed by atoms with E-state index < -0.39 is 0 Å². The third kappa shape index (κ3) is 4.79. The van der Waals surface area contributed by atoms with Gasteiger partial charge in [-0.25, -0.2) is 4.98 Å². The summed E-state index contributed by atoms with van der Waals surface area (Å²) in [5.74, 6) is 1.79. The lowest BCUT2D eigenvalue weighted by molar-refractivity contribution is -0.922. The summed E-state index contributed by atoms with van der Waals surface area (Å²) < 4.78 is 0. The minimum atomic E-state index is -0.0471. The summed E-state index contributed by atoms with van der Waals surface area (Å²) in [5.41, 5.74) is 2.71. The summed E-state index contributed by atoms with van der Waals surface area (Å²) >= 11 is 1.89. The van der Waals surface area contributed by atoms with Crippen LogP contribution in [0.25, 0.3) is 0 Å². The van der Waals surface area contributed by atoms with Crippen LogP contribution in [0.1, 0.15) is 85.4 Å². The summed E-state index contributed by atoms with van der Waals surface area (Å²) in [7, 11) is 0. The highest BCUT2D eigenvalue weighted by Gasteiger charge is 2.59. The van der Waals surface area contributed by atoms with Gasteiger partial charge in [0.25, 0.3) is 0 Å². The average molecular weight is 523 g/mol. The molecule has 3 N–H and O–H groups in total. The molecule has 1 saturated carbocycles. The minimum absolute atomic E-state index is 0.0471. The van der Waals surface area contributed by atoms with Crippen LogP contribution in [-0.2, 0) is 16.8 Å². The fourth-order valence-electron chi connectivity index (χ4n) is 8.46. The zero-order valence-corrected chi connectivity index (χ0v) is 23.7. The number of piperidine rings is 1. The zero-order valence-electron chi connectivity index (χ0n) is 22.9. The van der Waals surface area contributed by atoms with Gasteiger partial charge in [0.05, 0.1) is 36.1 Å². The molecule has 2 aromatic rings. The highest BCUT2D eigenvalue weighted by atomic mass is 32.1. The molecule has 4 aliphatic rings. The SMILES string of the molecule is CCC[NH+]1Cc2nc(C)sc2[C@]2(C[NH2+]C[C@@H]2C(=O)N2CC[C@@H](c3ccccc3)C[C@H]2C2CCCCC2)C1. The van der Waals surface area contributed by atoms with Gasteiger partial charge in [0, 0.05) is 12.6 Å². The summed E-state index contributed by atoms with van der Waals surface area (Å²) in [5, 5.41) is 3.62. The standard InChI is InChI=1S/C31H44N4OS/c1-3-15-34-19-27-29(37-22(2)33-27)31(21-34)20-32-18-26(31)30(36)35-16-14-25(23-10-6-4-7-11-23)17-28(35)24-12-8-5-9-13-24/h4,6-7,10-11,24-26,28,32H,3,5,8-9,12-21H2,1-2H3/p+2/t25-,26-,28+,31-/m1/s1. The second kappa shape index (κ2) is 10.8. The smallest absolute Gasteiger partial charge is 0.233 e. The molecular formula is C31H46N4OS+2. The Morgan fingerprint density at radius 3 is 2.78 bits per heavy atom. The highest BCUT2D eigenvalue weighted by Crippen LogP contribution is 2.44. The first-order valence-electron chi connectivity index (χ1n) is 15.1. The van der Waals surface area contributed by atoms with Crippen molar-refractivity contribution in [3.8, 4) is 0 Å². The summed E-state index contributed by atoms with van der Waals surface area (Å²) in [6.45, 7) is 10.6. The van der Waals surface area contributed by atoms with Gasteiger partial charge in [0.1, 0.15) is 23.6 Å². The zero-order chi connectivity index (χ0) is 25.4. The van der Waals surface area contributed by atoms with Gasteiger partial charge in [-0.1, -0.05) is 56.5 Å². The van der Waals surface area contributed by atoms with Crippen LogP contribution in [0.3, 0.4) is 0 Å². The van der Waals surface area contributed by atoms with Gasteiger partial charge in [-0.15, -0.1) is 11.3 Å². The Balaban J connectivity index is 1.31. The molecule has 0 radical (unpaired) electrons. The molecule has 1 aromatic carbocycles. The Labute approximate surface area is 227 Å². The van der Waals surface area contributed by atoms with Gasteiger partial charge in [-0.2, -0.15) is 0 Å². The Morgan fingerprint density at radius 1 is 1.19 bits per heavy atom. The van der Waals surface area contributed by atoms with Crippen molar-refractivity contribution < 1.29 is 15.0 Å². The number of nitrogens with zero attached hydrogens (tertiary/aromatic N) is 2. The molecule has 0 bridgehead atoms. The van der Waals surface area contributed by atoms with Gasteiger partial charge in [0.2, 0.25) is 5.91 Å². The number of nitrogens with one attached hydrogen (secondary N) is 1. The first kappa shape index (κ1) is 25.5. The van der Waals surface area contributed by atoms with E-state index in [-0.39, 0.29) is 11.3 Å². The Bertz CT molecular complexity index is 1080. The van der Waals surface area contributed by atoms with Crippen molar-refractivity contribution >= 4 is 17.2 Å². The lowest BCUT2D eigenvalue weighted by Gasteiger charge is -2.47. The van der Waals surface area contributed by atoms with E-state index in [9.17, 15) is 4.79 Å². The lowest BCUT2D eigenvalue weighted by Crippen LogP contribution is -3.14. The maximum Gasteiger partial charge on any atom is 0.233 e. The maximum atomic E-state index is 14.7. The fourth-order valence-corrected chi connectivity index (χ4v) is 9.65. The van der Waals surface area contributed by atoms with Crippen molar-refractivity contribution in [3.05, 3.63) is 51.5 Å². The number of fused-ring (bicyclic) bond motifs is 2. The van der Waals surface area contributed by atoms with Crippen LogP contribution < -0.4 is 10.2 Å². The molecule has 6 rings (SSSR count). The summed E-state index contributed by atoms with van der Waals surface area (Å²) in [6, 6.07) is 11.5. The molecule has 37 heavy (non-hydrogen) atoms. The number of hydrogen-bond acceptors (Lipinski definition) is 3. The number of carbonyl (C=O) groups is 1. The van der Waals surface area contributed by atoms with Crippen LogP contribution in [0, 0.1) is 18.8 Å². The molecule has 1 spiro atoms. The number of aromatic nitrogens is 1. The third-order valence-electron chi connectivity index (χ3n) is 10.1. The van der Waals surface area contributed by atoms with E-state index in [1.54, 1.807) is 4.90 Å². The van der Waals surface area contributed by atoms with Crippen molar-refractivity contribution in [2.45, 2.75) is 89.1 Å². The second-order valence-electron chi connectivity index (χ2n) is 12.4. The topological polar surface area (TPSA) is 54.2 Å². The van der Waals surface area contributed by atoms with Crippen molar-refractivity contribution in [2.24, 2.45) is 11.8 Å². The van der Waals surface area contributed by atoms with Crippen LogP contribution >= 0.6 is 11.3 Å². The Kier molecular flexibility index (Phi) is 7.43. The molecule has 5 nitrogen and oxygen atoms in total. The predicted octanol–water partition coefficient (Wildman–Crippen LogP) is 3.05. The van der Waals surface area contributed by atoms with E-state index in [1.165, 1.54) is 66.2 Å². The monoisotopic (exact) mass is 522 g/mol. The maximum absolute atomic E-state index is 14.7. The largest absolute Gasteiger partial charge is 0.345 e. The predicted molar refractivity (Wildman–Crippen MR) is 149 cm³/mol. The van der Waals surface area contributed by atoms with Crippen molar-refractivity contribution in [3.63, 3.8) is 0 Å². The van der Waals surface area contributed by atoms with Crippen LogP contribution in [0.5, 0.6) is 0 Å². The van der Waals surface area contributed by atoms with Crippen molar-refractivity contribution in [1.29, 1.82) is 0 Å². The molecule has 1 aromatic heterocycles. The average Bonchev–Trinajstić information content (AvgIpc) is 3.52. The van der Waals surface area contributed by atoms with E-state index in [1.807, 2.05) is 11.3 Å². The number of likely N-dealkylation sites (tertiary alicyclic amines) is 1. The molecule has 1 amide bonds. The third-order valence-corrected chi connectivity index (χ3v) is 11.3. The molecule has 3 fully saturated rings. The number of hydrogen-bond donors (Lipinski definition) is 2. The van der Waals surface area contributed by atoms with E-state index >= 15 is 0 Å². The number of quaternary nitrogens is 2. The van der Waals surface area contributed by atoms with Gasteiger partial charge in [-0.3, -0.25) is 4.79 Å². The summed E-state index contributed by atoms with van der Waals surface area (Å²) in [6.07, 6.45) is 10.0. The molecule has 6 heteroatoms. The first-order chi connectivity index (χ1) is 18.1. The quantitative estimate of drug-likeness (QED) is 0.634. The number of aryl methyl sites for hydroxylation is 1. The normalized spacial score (nSPS) is 32.5. The van der Waals surface area contributed by atoms with E-state index in [0.29, 0.717) is 23.8 Å². The van der Waals surface area contributed by atoms with E-state index in [0.717, 1.165) is 45.6 Å². The van der Waals surface area contributed by atoms with Gasteiger partial charge < -0.3 is 15.1 Å². The van der Waals surface area contributed by atoms with Gasteiger partial charge in [-0.05, 0) is 56.4 Å².